The first-order chi connectivity index (χ1) is 9.44. The van der Waals surface area contributed by atoms with E-state index in [1.807, 2.05) is 5.32 Å². The monoisotopic (exact) mass is 312 g/mol. The minimum absolute atomic E-state index is 0.138. The topological polar surface area (TPSA) is 58.2 Å². The maximum Gasteiger partial charge on any atom is 0.431 e. The molecule has 0 aromatic carbocycles. The van der Waals surface area contributed by atoms with Gasteiger partial charge in [-0.2, -0.15) is 13.2 Å². The molecular formula is C13H20F4N2O2. The number of carbonyl (C=O) groups excluding carboxylic acids is 2. The van der Waals surface area contributed by atoms with Gasteiger partial charge in [-0.05, 0) is 13.3 Å². The van der Waals surface area contributed by atoms with Crippen molar-refractivity contribution in [2.24, 2.45) is 5.92 Å². The number of nitrogens with one attached hydrogen (secondary N) is 2. The van der Waals surface area contributed by atoms with Gasteiger partial charge in [-0.3, -0.25) is 9.59 Å². The Morgan fingerprint density at radius 1 is 1.10 bits per heavy atom. The van der Waals surface area contributed by atoms with Gasteiger partial charge in [0.25, 0.3) is 11.6 Å². The maximum absolute atomic E-state index is 13.9. The first kappa shape index (κ1) is 19.4. The quantitative estimate of drug-likeness (QED) is 0.430. The number of carbonyl (C=O) groups is 2. The Labute approximate surface area is 121 Å². The molecule has 0 aliphatic heterocycles. The van der Waals surface area contributed by atoms with E-state index in [9.17, 15) is 27.2 Å². The Hall–Kier alpha value is -1.60. The molecule has 0 aromatic rings. The molecule has 0 fully saturated rings. The Bertz CT molecular complexity index is 407. The van der Waals surface area contributed by atoms with Gasteiger partial charge in [-0.1, -0.05) is 20.4 Å². The number of rotatable bonds is 7. The second kappa shape index (κ2) is 7.42. The average Bonchev–Trinajstić information content (AvgIpc) is 2.34. The predicted molar refractivity (Wildman–Crippen MR) is 70.2 cm³/mol. The van der Waals surface area contributed by atoms with E-state index in [0.29, 0.717) is 5.57 Å². The predicted octanol–water partition coefficient (Wildman–Crippen LogP) is 2.11. The summed E-state index contributed by atoms with van der Waals surface area (Å²) in [6.07, 6.45) is -5.10. The zero-order chi connectivity index (χ0) is 16.8. The van der Waals surface area contributed by atoms with Crippen LogP contribution in [-0.2, 0) is 9.59 Å². The number of hydrogen-bond acceptors (Lipinski definition) is 2. The second-order valence-electron chi connectivity index (χ2n) is 5.01. The number of amides is 2. The summed E-state index contributed by atoms with van der Waals surface area (Å²) in [7, 11) is 0. The Morgan fingerprint density at radius 3 is 1.95 bits per heavy atom. The van der Waals surface area contributed by atoms with Gasteiger partial charge in [0.2, 0.25) is 5.91 Å². The molecule has 0 rings (SSSR count). The van der Waals surface area contributed by atoms with Crippen LogP contribution in [0.2, 0.25) is 0 Å². The van der Waals surface area contributed by atoms with Crippen LogP contribution in [0.3, 0.4) is 0 Å². The van der Waals surface area contributed by atoms with Crippen LogP contribution < -0.4 is 10.6 Å². The number of hydrogen-bond donors (Lipinski definition) is 2. The summed E-state index contributed by atoms with van der Waals surface area (Å²) in [6, 6.07) is 0. The third kappa shape index (κ3) is 5.02. The molecule has 2 N–H and O–H groups in total. The van der Waals surface area contributed by atoms with Crippen molar-refractivity contribution in [3.05, 3.63) is 12.2 Å². The fourth-order valence-corrected chi connectivity index (χ4v) is 1.49. The van der Waals surface area contributed by atoms with Crippen molar-refractivity contribution in [1.29, 1.82) is 0 Å². The van der Waals surface area contributed by atoms with Crippen molar-refractivity contribution in [1.82, 2.24) is 10.6 Å². The van der Waals surface area contributed by atoms with E-state index < -0.39 is 29.6 Å². The number of halogens is 4. The van der Waals surface area contributed by atoms with Crippen molar-refractivity contribution >= 4 is 11.8 Å². The van der Waals surface area contributed by atoms with Crippen LogP contribution in [0.25, 0.3) is 0 Å². The van der Waals surface area contributed by atoms with Crippen LogP contribution in [0.4, 0.5) is 17.6 Å². The normalized spacial score (nSPS) is 14.5. The van der Waals surface area contributed by atoms with Gasteiger partial charge in [-0.15, -0.1) is 0 Å². The van der Waals surface area contributed by atoms with Crippen LogP contribution in [0.15, 0.2) is 12.2 Å². The Morgan fingerprint density at radius 2 is 1.57 bits per heavy atom. The van der Waals surface area contributed by atoms with Gasteiger partial charge in [0, 0.05) is 24.6 Å². The van der Waals surface area contributed by atoms with Crippen LogP contribution in [0.1, 0.15) is 27.2 Å². The molecule has 0 heterocycles. The fourth-order valence-electron chi connectivity index (χ4n) is 1.49. The number of alkyl halides is 4. The highest BCUT2D eigenvalue weighted by Gasteiger charge is 2.63. The molecule has 8 heteroatoms. The summed E-state index contributed by atoms with van der Waals surface area (Å²) in [6.45, 7) is 6.84. The van der Waals surface area contributed by atoms with Gasteiger partial charge in [0.15, 0.2) is 0 Å². The SMILES string of the molecule is C=C(C)C(=O)NCCCNC(=O)C(F)(C(C)C)C(F)(F)F. The van der Waals surface area contributed by atoms with Crippen molar-refractivity contribution in [3.63, 3.8) is 0 Å². The van der Waals surface area contributed by atoms with E-state index in [1.165, 1.54) is 6.92 Å². The summed E-state index contributed by atoms with van der Waals surface area (Å²) in [5.74, 6) is -3.64. The lowest BCUT2D eigenvalue weighted by atomic mass is 9.90. The van der Waals surface area contributed by atoms with Crippen molar-refractivity contribution in [3.8, 4) is 0 Å². The standard InChI is InChI=1S/C13H20F4N2O2/c1-8(2)10(20)18-6-5-7-19-11(21)12(14,9(3)4)13(15,16)17/h9H,1,5-7H2,2-4H3,(H,18,20)(H,19,21). The maximum atomic E-state index is 13.9. The molecule has 21 heavy (non-hydrogen) atoms. The molecular weight excluding hydrogens is 292 g/mol. The highest BCUT2D eigenvalue weighted by molar-refractivity contribution is 5.92. The second-order valence-corrected chi connectivity index (χ2v) is 5.01. The molecule has 1 atom stereocenters. The molecule has 0 bridgehead atoms. The Kier molecular flexibility index (Phi) is 6.85. The fraction of sp³-hybridized carbons (Fsp3) is 0.692. The zero-order valence-corrected chi connectivity index (χ0v) is 12.2. The molecule has 0 saturated carbocycles. The third-order valence-electron chi connectivity index (χ3n) is 2.85. The lowest BCUT2D eigenvalue weighted by Crippen LogP contribution is -2.57. The minimum atomic E-state index is -5.28. The molecule has 0 radical (unpaired) electrons. The lowest BCUT2D eigenvalue weighted by Gasteiger charge is -2.30. The molecule has 0 aromatic heterocycles. The van der Waals surface area contributed by atoms with Crippen LogP contribution >= 0.6 is 0 Å². The van der Waals surface area contributed by atoms with E-state index in [2.05, 4.69) is 11.9 Å². The first-order valence-electron chi connectivity index (χ1n) is 6.42. The zero-order valence-electron chi connectivity index (χ0n) is 12.2. The van der Waals surface area contributed by atoms with E-state index in [0.717, 1.165) is 13.8 Å². The molecule has 4 nitrogen and oxygen atoms in total. The van der Waals surface area contributed by atoms with Crippen LogP contribution in [0, 0.1) is 5.92 Å². The first-order valence-corrected chi connectivity index (χ1v) is 6.42. The van der Waals surface area contributed by atoms with E-state index in [-0.39, 0.29) is 19.5 Å². The summed E-state index contributed by atoms with van der Waals surface area (Å²) >= 11 is 0. The van der Waals surface area contributed by atoms with Crippen molar-refractivity contribution < 1.29 is 27.2 Å². The smallest absolute Gasteiger partial charge is 0.353 e. The highest BCUT2D eigenvalue weighted by atomic mass is 19.4. The summed E-state index contributed by atoms with van der Waals surface area (Å²) in [5, 5.41) is 4.35. The summed E-state index contributed by atoms with van der Waals surface area (Å²) in [4.78, 5) is 22.6. The molecule has 1 unspecified atom stereocenters. The molecule has 0 aliphatic carbocycles. The van der Waals surface area contributed by atoms with E-state index >= 15 is 0 Å². The molecule has 122 valence electrons. The molecule has 0 saturated heterocycles. The molecule has 0 spiro atoms. The van der Waals surface area contributed by atoms with Crippen LogP contribution in [0.5, 0.6) is 0 Å². The van der Waals surface area contributed by atoms with Gasteiger partial charge >= 0.3 is 6.18 Å². The van der Waals surface area contributed by atoms with E-state index in [4.69, 9.17) is 0 Å². The molecule has 0 aliphatic rings. The Balaban J connectivity index is 4.37. The molecule has 2 amide bonds. The third-order valence-corrected chi connectivity index (χ3v) is 2.85. The highest BCUT2D eigenvalue weighted by Crippen LogP contribution is 2.39. The van der Waals surface area contributed by atoms with Gasteiger partial charge in [0.1, 0.15) is 0 Å². The van der Waals surface area contributed by atoms with Gasteiger partial charge < -0.3 is 10.6 Å². The summed E-state index contributed by atoms with van der Waals surface area (Å²) in [5.41, 5.74) is -3.63. The van der Waals surface area contributed by atoms with Crippen molar-refractivity contribution in [2.45, 2.75) is 39.0 Å². The van der Waals surface area contributed by atoms with E-state index in [1.54, 1.807) is 0 Å². The largest absolute Gasteiger partial charge is 0.431 e. The van der Waals surface area contributed by atoms with Gasteiger partial charge in [0.05, 0.1) is 0 Å². The average molecular weight is 312 g/mol. The summed E-state index contributed by atoms with van der Waals surface area (Å²) < 4.78 is 52.0. The van der Waals surface area contributed by atoms with Crippen LogP contribution in [-0.4, -0.2) is 36.7 Å². The lowest BCUT2D eigenvalue weighted by molar-refractivity contribution is -0.238. The van der Waals surface area contributed by atoms with Crippen molar-refractivity contribution in [2.75, 3.05) is 13.1 Å². The minimum Gasteiger partial charge on any atom is -0.353 e. The van der Waals surface area contributed by atoms with Gasteiger partial charge in [-0.25, -0.2) is 4.39 Å².